The van der Waals surface area contributed by atoms with Crippen LogP contribution in [-0.2, 0) is 0 Å². The second-order valence-electron chi connectivity index (χ2n) is 5.64. The van der Waals surface area contributed by atoms with Gasteiger partial charge in [-0.1, -0.05) is 6.07 Å². The molecule has 28 heavy (non-hydrogen) atoms. The third-order valence-corrected chi connectivity index (χ3v) is 3.63. The Morgan fingerprint density at radius 2 is 1.25 bits per heavy atom. The lowest BCUT2D eigenvalue weighted by Gasteiger charge is -2.05. The number of hydrogen-bond acceptors (Lipinski definition) is 7. The number of carbonyl (C=O) groups excluding carboxylic acids is 2. The van der Waals surface area contributed by atoms with Crippen LogP contribution in [0.2, 0.25) is 0 Å². The van der Waals surface area contributed by atoms with Crippen LogP contribution in [-0.4, -0.2) is 28.2 Å². The summed E-state index contributed by atoms with van der Waals surface area (Å²) in [6.07, 6.45) is 2.81. The van der Waals surface area contributed by atoms with Gasteiger partial charge in [0.2, 0.25) is 0 Å². The molecule has 0 radical (unpaired) electrons. The van der Waals surface area contributed by atoms with Crippen molar-refractivity contribution in [2.24, 2.45) is 10.2 Å². The number of nitrogens with one attached hydrogen (secondary N) is 2. The van der Waals surface area contributed by atoms with E-state index in [2.05, 4.69) is 26.0 Å². The number of rotatable bonds is 6. The zero-order chi connectivity index (χ0) is 19.9. The number of hydrogen-bond donors (Lipinski definition) is 2. The van der Waals surface area contributed by atoms with Crippen LogP contribution in [0.5, 0.6) is 0 Å². The molecule has 0 saturated heterocycles. The molecule has 0 unspecified atom stereocenters. The van der Waals surface area contributed by atoms with Crippen molar-refractivity contribution in [2.75, 3.05) is 0 Å². The molecule has 142 valence electrons. The number of carbonyl (C=O) groups is 2. The van der Waals surface area contributed by atoms with Gasteiger partial charge in [0, 0.05) is 0 Å². The molecule has 9 heteroatoms. The van der Waals surface area contributed by atoms with Gasteiger partial charge in [-0.3, -0.25) is 9.59 Å². The predicted molar refractivity (Wildman–Crippen MR) is 101 cm³/mol. The van der Waals surface area contributed by atoms with Gasteiger partial charge < -0.3 is 8.83 Å². The van der Waals surface area contributed by atoms with Crippen molar-refractivity contribution in [1.82, 2.24) is 15.8 Å². The number of aromatic nitrogens is 1. The molecule has 0 bridgehead atoms. The van der Waals surface area contributed by atoms with E-state index >= 15 is 0 Å². The van der Waals surface area contributed by atoms with Crippen LogP contribution < -0.4 is 10.9 Å². The predicted octanol–water partition coefficient (Wildman–Crippen LogP) is 2.58. The van der Waals surface area contributed by atoms with Crippen LogP contribution in [0.3, 0.4) is 0 Å². The summed E-state index contributed by atoms with van der Waals surface area (Å²) in [4.78, 5) is 28.2. The number of amides is 2. The molecular weight excluding hydrogens is 362 g/mol. The highest BCUT2D eigenvalue weighted by Crippen LogP contribution is 2.04. The maximum atomic E-state index is 11.9. The first kappa shape index (κ1) is 18.8. The van der Waals surface area contributed by atoms with Crippen molar-refractivity contribution in [2.45, 2.75) is 13.8 Å². The first-order valence-electron chi connectivity index (χ1n) is 8.28. The van der Waals surface area contributed by atoms with E-state index in [9.17, 15) is 9.59 Å². The second-order valence-corrected chi connectivity index (χ2v) is 5.64. The second kappa shape index (κ2) is 8.58. The van der Waals surface area contributed by atoms with E-state index in [1.54, 1.807) is 44.2 Å². The Balaban J connectivity index is 1.68. The normalized spacial score (nSPS) is 11.9. The number of nitrogens with zero attached hydrogens (tertiary/aromatic N) is 3. The van der Waals surface area contributed by atoms with Gasteiger partial charge in [0.25, 0.3) is 0 Å². The molecule has 2 amide bonds. The van der Waals surface area contributed by atoms with Gasteiger partial charge in [-0.05, 0) is 50.2 Å². The largest absolute Gasteiger partial charge is 0.459 e. The summed E-state index contributed by atoms with van der Waals surface area (Å²) in [5.74, 6) is -0.597. The SMILES string of the molecule is C/C(=N\NC(=O)c1ccco1)c1cccc(/C(C)=N/NC(=O)c2ccco2)n1. The first-order valence-corrected chi connectivity index (χ1v) is 8.28. The maximum absolute atomic E-state index is 11.9. The van der Waals surface area contributed by atoms with Crippen molar-refractivity contribution in [3.63, 3.8) is 0 Å². The fraction of sp³-hybridized carbons (Fsp3) is 0.105. The average molecular weight is 379 g/mol. The minimum absolute atomic E-state index is 0.161. The Morgan fingerprint density at radius 3 is 1.64 bits per heavy atom. The maximum Gasteiger partial charge on any atom is 0.307 e. The zero-order valence-corrected chi connectivity index (χ0v) is 15.2. The fourth-order valence-electron chi connectivity index (χ4n) is 2.15. The van der Waals surface area contributed by atoms with Gasteiger partial charge in [-0.2, -0.15) is 10.2 Å². The van der Waals surface area contributed by atoms with Crippen molar-refractivity contribution >= 4 is 23.2 Å². The molecule has 0 aliphatic carbocycles. The molecule has 0 aliphatic rings. The van der Waals surface area contributed by atoms with Crippen LogP contribution in [0.4, 0.5) is 0 Å². The molecule has 3 rings (SSSR count). The fourth-order valence-corrected chi connectivity index (χ4v) is 2.15. The van der Waals surface area contributed by atoms with Crippen molar-refractivity contribution in [3.8, 4) is 0 Å². The van der Waals surface area contributed by atoms with Crippen LogP contribution in [0.1, 0.15) is 46.3 Å². The molecule has 3 heterocycles. The van der Waals surface area contributed by atoms with Gasteiger partial charge in [0.1, 0.15) is 0 Å². The summed E-state index contributed by atoms with van der Waals surface area (Å²) in [5.41, 5.74) is 6.89. The van der Waals surface area contributed by atoms with E-state index in [0.717, 1.165) is 0 Å². The van der Waals surface area contributed by atoms with E-state index in [1.165, 1.54) is 24.7 Å². The minimum Gasteiger partial charge on any atom is -0.459 e. The summed E-state index contributed by atoms with van der Waals surface area (Å²) >= 11 is 0. The van der Waals surface area contributed by atoms with E-state index < -0.39 is 11.8 Å². The minimum atomic E-state index is -0.459. The number of furan rings is 2. The molecule has 3 aromatic heterocycles. The van der Waals surface area contributed by atoms with Gasteiger partial charge in [0.05, 0.1) is 35.3 Å². The first-order chi connectivity index (χ1) is 13.5. The van der Waals surface area contributed by atoms with Gasteiger partial charge >= 0.3 is 11.8 Å². The summed E-state index contributed by atoms with van der Waals surface area (Å²) in [7, 11) is 0. The molecule has 0 fully saturated rings. The molecular formula is C19H17N5O4. The third-order valence-electron chi connectivity index (χ3n) is 3.63. The molecule has 0 saturated carbocycles. The summed E-state index contributed by atoms with van der Waals surface area (Å²) in [6, 6.07) is 11.6. The van der Waals surface area contributed by atoms with Crippen LogP contribution in [0.15, 0.2) is 74.0 Å². The third kappa shape index (κ3) is 4.58. The Morgan fingerprint density at radius 1 is 0.786 bits per heavy atom. The van der Waals surface area contributed by atoms with Crippen LogP contribution in [0.25, 0.3) is 0 Å². The van der Waals surface area contributed by atoms with E-state index in [-0.39, 0.29) is 11.5 Å². The highest BCUT2D eigenvalue weighted by Gasteiger charge is 2.10. The van der Waals surface area contributed by atoms with Crippen molar-refractivity contribution in [3.05, 3.63) is 77.9 Å². The highest BCUT2D eigenvalue weighted by atomic mass is 16.3. The van der Waals surface area contributed by atoms with Crippen LogP contribution in [0, 0.1) is 0 Å². The summed E-state index contributed by atoms with van der Waals surface area (Å²) in [5, 5.41) is 8.06. The summed E-state index contributed by atoms with van der Waals surface area (Å²) in [6.45, 7) is 3.42. The monoisotopic (exact) mass is 379 g/mol. The topological polar surface area (TPSA) is 122 Å². The standard InChI is InChI=1S/C19H17N5O4/c1-12(21-23-18(25)16-8-4-10-27-16)14-6-3-7-15(20-14)13(2)22-24-19(26)17-9-5-11-28-17/h3-11H,1-2H3,(H,23,25)(H,24,26)/b21-12+,22-13+. The Bertz CT molecular complexity index is 941. The van der Waals surface area contributed by atoms with Gasteiger partial charge in [0.15, 0.2) is 11.5 Å². The van der Waals surface area contributed by atoms with Gasteiger partial charge in [-0.25, -0.2) is 15.8 Å². The van der Waals surface area contributed by atoms with E-state index in [0.29, 0.717) is 22.8 Å². The number of hydrazone groups is 2. The highest BCUT2D eigenvalue weighted by molar-refractivity contribution is 6.02. The molecule has 0 spiro atoms. The Labute approximate surface area is 160 Å². The molecule has 0 aromatic carbocycles. The molecule has 0 atom stereocenters. The molecule has 9 nitrogen and oxygen atoms in total. The molecule has 0 aliphatic heterocycles. The lowest BCUT2D eigenvalue weighted by Crippen LogP contribution is -2.20. The van der Waals surface area contributed by atoms with E-state index in [4.69, 9.17) is 8.83 Å². The van der Waals surface area contributed by atoms with Gasteiger partial charge in [-0.15, -0.1) is 0 Å². The van der Waals surface area contributed by atoms with Crippen molar-refractivity contribution in [1.29, 1.82) is 0 Å². The molecule has 2 N–H and O–H groups in total. The van der Waals surface area contributed by atoms with E-state index in [1.807, 2.05) is 0 Å². The smallest absolute Gasteiger partial charge is 0.307 e. The van der Waals surface area contributed by atoms with Crippen LogP contribution >= 0.6 is 0 Å². The lowest BCUT2D eigenvalue weighted by atomic mass is 10.2. The van der Waals surface area contributed by atoms with Crippen molar-refractivity contribution < 1.29 is 18.4 Å². The average Bonchev–Trinajstić information content (AvgIpc) is 3.43. The lowest BCUT2D eigenvalue weighted by molar-refractivity contribution is 0.0920. The molecule has 3 aromatic rings. The Kier molecular flexibility index (Phi) is 5.75. The zero-order valence-electron chi connectivity index (χ0n) is 15.2. The number of pyridine rings is 1. The quantitative estimate of drug-likeness (QED) is 0.503. The Hall–Kier alpha value is -4.01. The summed E-state index contributed by atoms with van der Waals surface area (Å²) < 4.78 is 10.0.